The van der Waals surface area contributed by atoms with Crippen molar-refractivity contribution in [2.45, 2.75) is 33.8 Å². The molecule has 2 heterocycles. The lowest BCUT2D eigenvalue weighted by Gasteiger charge is -1.99. The number of benzene rings is 1. The molecule has 0 bridgehead atoms. The zero-order valence-corrected chi connectivity index (χ0v) is 13.8. The van der Waals surface area contributed by atoms with Crippen LogP contribution in [0.5, 0.6) is 0 Å². The first-order chi connectivity index (χ1) is 11.6. The van der Waals surface area contributed by atoms with E-state index in [1.165, 1.54) is 5.56 Å². The van der Waals surface area contributed by atoms with Crippen molar-refractivity contribution in [2.24, 2.45) is 0 Å². The number of hydrogen-bond donors (Lipinski definition) is 0. The summed E-state index contributed by atoms with van der Waals surface area (Å²) in [5.74, 6) is 1.43. The van der Waals surface area contributed by atoms with Crippen LogP contribution < -0.4 is 0 Å². The van der Waals surface area contributed by atoms with Gasteiger partial charge < -0.3 is 13.7 Å². The number of nitrogens with zero attached hydrogens (tertiary/aromatic N) is 2. The molecule has 0 radical (unpaired) electrons. The number of furan rings is 1. The summed E-state index contributed by atoms with van der Waals surface area (Å²) in [5, 5.41) is 3.92. The third-order valence-corrected chi connectivity index (χ3v) is 3.68. The molecule has 0 fully saturated rings. The van der Waals surface area contributed by atoms with E-state index in [9.17, 15) is 4.79 Å². The normalized spacial score (nSPS) is 10.8. The van der Waals surface area contributed by atoms with Crippen LogP contribution in [0.4, 0.5) is 0 Å². The molecule has 124 valence electrons. The van der Waals surface area contributed by atoms with Crippen LogP contribution in [0.25, 0.3) is 11.4 Å². The van der Waals surface area contributed by atoms with Crippen LogP contribution >= 0.6 is 0 Å². The molecule has 2 aromatic heterocycles. The van der Waals surface area contributed by atoms with Crippen molar-refractivity contribution in [3.05, 3.63) is 58.9 Å². The van der Waals surface area contributed by atoms with Gasteiger partial charge in [-0.3, -0.25) is 0 Å². The maximum Gasteiger partial charge on any atom is 0.342 e. The van der Waals surface area contributed by atoms with Gasteiger partial charge in [-0.25, -0.2) is 4.79 Å². The quantitative estimate of drug-likeness (QED) is 0.662. The highest BCUT2D eigenvalue weighted by Gasteiger charge is 2.17. The number of aryl methyl sites for hydroxylation is 3. The van der Waals surface area contributed by atoms with Gasteiger partial charge in [0.2, 0.25) is 5.82 Å². The van der Waals surface area contributed by atoms with E-state index in [0.717, 1.165) is 12.0 Å². The Kier molecular flexibility index (Phi) is 4.46. The molecule has 0 atom stereocenters. The Balaban J connectivity index is 1.65. The largest absolute Gasteiger partial charge is 0.466 e. The Morgan fingerprint density at radius 3 is 2.58 bits per heavy atom. The van der Waals surface area contributed by atoms with E-state index in [1.54, 1.807) is 19.9 Å². The molecule has 0 saturated heterocycles. The van der Waals surface area contributed by atoms with E-state index >= 15 is 0 Å². The first kappa shape index (κ1) is 16.0. The SMILES string of the molecule is CCc1ccc(-c2noc(COC(=O)c3cc(C)oc3C)n2)cc1. The van der Waals surface area contributed by atoms with Crippen molar-refractivity contribution in [3.8, 4) is 11.4 Å². The van der Waals surface area contributed by atoms with Crippen LogP contribution in [0, 0.1) is 13.8 Å². The summed E-state index contributed by atoms with van der Waals surface area (Å²) in [6.07, 6.45) is 0.973. The molecule has 0 amide bonds. The van der Waals surface area contributed by atoms with Gasteiger partial charge in [-0.15, -0.1) is 0 Å². The standard InChI is InChI=1S/C18H18N2O4/c1-4-13-5-7-14(8-6-13)17-19-16(24-20-17)10-22-18(21)15-9-11(2)23-12(15)3/h5-9H,4,10H2,1-3H3. The first-order valence-corrected chi connectivity index (χ1v) is 7.73. The van der Waals surface area contributed by atoms with Crippen molar-refractivity contribution in [3.63, 3.8) is 0 Å². The number of carbonyl (C=O) groups excluding carboxylic acids is 1. The molecule has 0 N–H and O–H groups in total. The topological polar surface area (TPSA) is 78.4 Å². The summed E-state index contributed by atoms with van der Waals surface area (Å²) in [6, 6.07) is 9.57. The predicted molar refractivity (Wildman–Crippen MR) is 86.4 cm³/mol. The molecule has 0 aliphatic rings. The lowest BCUT2D eigenvalue weighted by molar-refractivity contribution is 0.0428. The molecule has 0 aliphatic heterocycles. The third-order valence-electron chi connectivity index (χ3n) is 3.68. The van der Waals surface area contributed by atoms with Gasteiger partial charge in [0.1, 0.15) is 17.1 Å². The summed E-state index contributed by atoms with van der Waals surface area (Å²) in [5.41, 5.74) is 2.50. The smallest absolute Gasteiger partial charge is 0.342 e. The highest BCUT2D eigenvalue weighted by molar-refractivity contribution is 5.90. The Morgan fingerprint density at radius 2 is 1.96 bits per heavy atom. The van der Waals surface area contributed by atoms with Crippen LogP contribution in [-0.2, 0) is 17.8 Å². The summed E-state index contributed by atoms with van der Waals surface area (Å²) in [4.78, 5) is 16.3. The fourth-order valence-electron chi connectivity index (χ4n) is 2.36. The third kappa shape index (κ3) is 3.37. The maximum absolute atomic E-state index is 12.0. The Hall–Kier alpha value is -2.89. The number of carbonyl (C=O) groups is 1. The van der Waals surface area contributed by atoms with Gasteiger partial charge in [-0.05, 0) is 31.9 Å². The van der Waals surface area contributed by atoms with E-state index in [0.29, 0.717) is 22.9 Å². The monoisotopic (exact) mass is 326 g/mol. The van der Waals surface area contributed by atoms with Crippen LogP contribution in [-0.4, -0.2) is 16.1 Å². The molecule has 1 aromatic carbocycles. The zero-order valence-electron chi connectivity index (χ0n) is 13.8. The molecular weight excluding hydrogens is 308 g/mol. The molecule has 0 unspecified atom stereocenters. The number of ether oxygens (including phenoxy) is 1. The van der Waals surface area contributed by atoms with Gasteiger partial charge in [0.05, 0.1) is 0 Å². The number of esters is 1. The summed E-state index contributed by atoms with van der Waals surface area (Å²) in [7, 11) is 0. The number of aromatic nitrogens is 2. The summed E-state index contributed by atoms with van der Waals surface area (Å²) >= 11 is 0. The molecule has 3 aromatic rings. The lowest BCUT2D eigenvalue weighted by atomic mass is 10.1. The Bertz CT molecular complexity index is 846. The van der Waals surface area contributed by atoms with E-state index < -0.39 is 5.97 Å². The van der Waals surface area contributed by atoms with Crippen molar-refractivity contribution >= 4 is 5.97 Å². The second-order valence-corrected chi connectivity index (χ2v) is 5.47. The van der Waals surface area contributed by atoms with Crippen molar-refractivity contribution in [1.29, 1.82) is 0 Å². The number of rotatable bonds is 5. The number of hydrogen-bond acceptors (Lipinski definition) is 6. The second kappa shape index (κ2) is 6.70. The molecule has 0 spiro atoms. The van der Waals surface area contributed by atoms with Gasteiger partial charge in [0.25, 0.3) is 5.89 Å². The average Bonchev–Trinajstić information content (AvgIpc) is 3.19. The molecule has 3 rings (SSSR count). The van der Waals surface area contributed by atoms with Crippen LogP contribution in [0.3, 0.4) is 0 Å². The van der Waals surface area contributed by atoms with Crippen LogP contribution in [0.15, 0.2) is 39.3 Å². The molecule has 24 heavy (non-hydrogen) atoms. The highest BCUT2D eigenvalue weighted by atomic mass is 16.6. The van der Waals surface area contributed by atoms with E-state index in [2.05, 4.69) is 17.1 Å². The Labute approximate surface area is 139 Å². The minimum Gasteiger partial charge on any atom is -0.466 e. The Morgan fingerprint density at radius 1 is 1.21 bits per heavy atom. The zero-order chi connectivity index (χ0) is 17.1. The van der Waals surface area contributed by atoms with Crippen molar-refractivity contribution < 1.29 is 18.5 Å². The van der Waals surface area contributed by atoms with E-state index in [1.807, 2.05) is 24.3 Å². The average molecular weight is 326 g/mol. The van der Waals surface area contributed by atoms with E-state index in [4.69, 9.17) is 13.7 Å². The minimum absolute atomic E-state index is 0.0808. The van der Waals surface area contributed by atoms with Crippen LogP contribution in [0.2, 0.25) is 0 Å². The summed E-state index contributed by atoms with van der Waals surface area (Å²) in [6.45, 7) is 5.51. The molecule has 0 aliphatic carbocycles. The van der Waals surface area contributed by atoms with Crippen LogP contribution in [0.1, 0.15) is 40.3 Å². The second-order valence-electron chi connectivity index (χ2n) is 5.47. The fourth-order valence-corrected chi connectivity index (χ4v) is 2.36. The fraction of sp³-hybridized carbons (Fsp3) is 0.278. The minimum atomic E-state index is -0.476. The first-order valence-electron chi connectivity index (χ1n) is 7.73. The summed E-state index contributed by atoms with van der Waals surface area (Å²) < 4.78 is 15.7. The maximum atomic E-state index is 12.0. The van der Waals surface area contributed by atoms with E-state index in [-0.39, 0.29) is 12.5 Å². The highest BCUT2D eigenvalue weighted by Crippen LogP contribution is 2.18. The van der Waals surface area contributed by atoms with Gasteiger partial charge in [0.15, 0.2) is 6.61 Å². The van der Waals surface area contributed by atoms with Crippen molar-refractivity contribution in [1.82, 2.24) is 10.1 Å². The molecule has 0 saturated carbocycles. The predicted octanol–water partition coefficient (Wildman–Crippen LogP) is 3.87. The van der Waals surface area contributed by atoms with Gasteiger partial charge in [-0.2, -0.15) is 4.98 Å². The lowest BCUT2D eigenvalue weighted by Crippen LogP contribution is -2.05. The van der Waals surface area contributed by atoms with Gasteiger partial charge in [-0.1, -0.05) is 36.3 Å². The molecule has 6 nitrogen and oxygen atoms in total. The van der Waals surface area contributed by atoms with Gasteiger partial charge >= 0.3 is 5.97 Å². The molecular formula is C18H18N2O4. The molecule has 6 heteroatoms. The van der Waals surface area contributed by atoms with Gasteiger partial charge in [0, 0.05) is 5.56 Å². The van der Waals surface area contributed by atoms with Crippen molar-refractivity contribution in [2.75, 3.05) is 0 Å².